The van der Waals surface area contributed by atoms with Crippen LogP contribution in [0.4, 0.5) is 5.69 Å². The monoisotopic (exact) mass is 341 g/mol. The molecule has 124 valence electrons. The van der Waals surface area contributed by atoms with Crippen LogP contribution >= 0.6 is 11.3 Å². The first kappa shape index (κ1) is 15.4. The van der Waals surface area contributed by atoms with Crippen LogP contribution in [0, 0.1) is 6.92 Å². The lowest BCUT2D eigenvalue weighted by molar-refractivity contribution is -0.914. The van der Waals surface area contributed by atoms with E-state index in [9.17, 15) is 4.79 Å². The topological polar surface area (TPSA) is 42.0 Å². The predicted molar refractivity (Wildman–Crippen MR) is 97.1 cm³/mol. The molecule has 3 aromatic rings. The van der Waals surface area contributed by atoms with Crippen LogP contribution in [-0.2, 0) is 6.54 Å². The minimum Gasteiger partial charge on any atom is -0.360 e. The Kier molecular flexibility index (Phi) is 4.08. The SMILES string of the molecule is Cc1ccccc1N1CC[NH+](Cc2cc(=O)n3ccsc3n2)CC1. The highest BCUT2D eigenvalue weighted by atomic mass is 32.1. The van der Waals surface area contributed by atoms with Crippen molar-refractivity contribution in [2.24, 2.45) is 0 Å². The molecule has 4 rings (SSSR count). The Balaban J connectivity index is 1.44. The van der Waals surface area contributed by atoms with Crippen LogP contribution in [0.15, 0.2) is 46.7 Å². The Morgan fingerprint density at radius 1 is 1.25 bits per heavy atom. The molecule has 0 radical (unpaired) electrons. The molecule has 1 saturated heterocycles. The molecular weight excluding hydrogens is 320 g/mol. The number of thiazole rings is 1. The van der Waals surface area contributed by atoms with E-state index in [0.29, 0.717) is 0 Å². The van der Waals surface area contributed by atoms with Crippen molar-refractivity contribution in [3.8, 4) is 0 Å². The first-order valence-corrected chi connectivity index (χ1v) is 9.18. The van der Waals surface area contributed by atoms with E-state index in [2.05, 4.69) is 41.1 Å². The predicted octanol–water partition coefficient (Wildman–Crippen LogP) is 0.970. The van der Waals surface area contributed by atoms with Crippen molar-refractivity contribution in [3.63, 3.8) is 0 Å². The first-order chi connectivity index (χ1) is 11.7. The van der Waals surface area contributed by atoms with Crippen LogP contribution < -0.4 is 15.4 Å². The van der Waals surface area contributed by atoms with Gasteiger partial charge in [0.15, 0.2) is 4.96 Å². The lowest BCUT2D eigenvalue weighted by atomic mass is 10.1. The quantitative estimate of drug-likeness (QED) is 0.772. The zero-order valence-corrected chi connectivity index (χ0v) is 14.6. The van der Waals surface area contributed by atoms with Gasteiger partial charge in [-0.1, -0.05) is 18.2 Å². The second kappa shape index (κ2) is 6.37. The van der Waals surface area contributed by atoms with Crippen LogP contribution in [0.3, 0.4) is 0 Å². The van der Waals surface area contributed by atoms with Gasteiger partial charge >= 0.3 is 0 Å². The van der Waals surface area contributed by atoms with Gasteiger partial charge in [-0.15, -0.1) is 11.3 Å². The van der Waals surface area contributed by atoms with Crippen molar-refractivity contribution in [3.05, 3.63) is 63.5 Å². The van der Waals surface area contributed by atoms with Gasteiger partial charge in [-0.25, -0.2) is 4.98 Å². The average molecular weight is 341 g/mol. The number of benzene rings is 1. The average Bonchev–Trinajstić information content (AvgIpc) is 3.05. The van der Waals surface area contributed by atoms with Gasteiger partial charge in [0.25, 0.3) is 5.56 Å². The van der Waals surface area contributed by atoms with Gasteiger partial charge in [-0.3, -0.25) is 9.20 Å². The number of rotatable bonds is 3. The zero-order valence-electron chi connectivity index (χ0n) is 13.7. The minimum atomic E-state index is 0.0224. The third-order valence-corrected chi connectivity index (χ3v) is 5.47. The molecule has 1 N–H and O–H groups in total. The molecule has 24 heavy (non-hydrogen) atoms. The number of hydrogen-bond acceptors (Lipinski definition) is 4. The van der Waals surface area contributed by atoms with Crippen molar-refractivity contribution >= 4 is 22.0 Å². The molecule has 0 atom stereocenters. The smallest absolute Gasteiger partial charge is 0.258 e. The fourth-order valence-corrected chi connectivity index (χ4v) is 4.13. The van der Waals surface area contributed by atoms with Gasteiger partial charge in [-0.05, 0) is 18.6 Å². The highest BCUT2D eigenvalue weighted by Gasteiger charge is 2.22. The Labute approximate surface area is 144 Å². The summed E-state index contributed by atoms with van der Waals surface area (Å²) in [7, 11) is 0. The number of anilines is 1. The van der Waals surface area contributed by atoms with E-state index in [-0.39, 0.29) is 5.56 Å². The fourth-order valence-electron chi connectivity index (χ4n) is 3.39. The molecule has 0 aliphatic carbocycles. The molecule has 2 aromatic heterocycles. The molecular formula is C18H21N4OS+. The molecule has 0 amide bonds. The number of aromatic nitrogens is 2. The number of fused-ring (bicyclic) bond motifs is 1. The molecule has 1 aliphatic heterocycles. The lowest BCUT2D eigenvalue weighted by Crippen LogP contribution is -3.13. The normalized spacial score (nSPS) is 16.0. The number of quaternary nitrogens is 1. The van der Waals surface area contributed by atoms with E-state index in [4.69, 9.17) is 0 Å². The highest BCUT2D eigenvalue weighted by Crippen LogP contribution is 2.18. The second-order valence-electron chi connectivity index (χ2n) is 6.34. The third kappa shape index (κ3) is 2.95. The summed E-state index contributed by atoms with van der Waals surface area (Å²) in [5, 5.41) is 1.90. The van der Waals surface area contributed by atoms with Crippen LogP contribution in [0.25, 0.3) is 4.96 Å². The summed E-state index contributed by atoms with van der Waals surface area (Å²) < 4.78 is 1.61. The highest BCUT2D eigenvalue weighted by molar-refractivity contribution is 7.15. The van der Waals surface area contributed by atoms with Crippen LogP contribution in [0.1, 0.15) is 11.3 Å². The summed E-state index contributed by atoms with van der Waals surface area (Å²) >= 11 is 1.51. The lowest BCUT2D eigenvalue weighted by Gasteiger charge is -2.34. The molecule has 3 heterocycles. The van der Waals surface area contributed by atoms with E-state index in [1.54, 1.807) is 16.7 Å². The maximum Gasteiger partial charge on any atom is 0.258 e. The van der Waals surface area contributed by atoms with Crippen LogP contribution in [0.5, 0.6) is 0 Å². The molecule has 0 spiro atoms. The Bertz CT molecular complexity index is 909. The van der Waals surface area contributed by atoms with Gasteiger partial charge in [0, 0.05) is 23.3 Å². The number of aryl methyl sites for hydroxylation is 1. The Morgan fingerprint density at radius 3 is 2.83 bits per heavy atom. The molecule has 6 heteroatoms. The number of hydrogen-bond donors (Lipinski definition) is 1. The standard InChI is InChI=1S/C18H20N4OS/c1-14-4-2-3-5-16(14)21-8-6-20(7-9-21)13-15-12-17(23)22-10-11-24-18(22)19-15/h2-5,10-12H,6-9,13H2,1H3/p+1. The number of nitrogens with zero attached hydrogens (tertiary/aromatic N) is 3. The summed E-state index contributed by atoms with van der Waals surface area (Å²) in [6.07, 6.45) is 1.78. The Hall–Kier alpha value is -2.18. The Morgan fingerprint density at radius 2 is 2.04 bits per heavy atom. The number of piperazine rings is 1. The molecule has 0 unspecified atom stereocenters. The van der Waals surface area contributed by atoms with E-state index in [0.717, 1.165) is 43.4 Å². The molecule has 1 aromatic carbocycles. The zero-order chi connectivity index (χ0) is 16.5. The van der Waals surface area contributed by atoms with E-state index >= 15 is 0 Å². The minimum absolute atomic E-state index is 0.0224. The first-order valence-electron chi connectivity index (χ1n) is 8.30. The van der Waals surface area contributed by atoms with Crippen LogP contribution in [-0.4, -0.2) is 35.6 Å². The van der Waals surface area contributed by atoms with E-state index in [1.165, 1.54) is 27.5 Å². The maximum absolute atomic E-state index is 12.1. The summed E-state index contributed by atoms with van der Waals surface area (Å²) in [6.45, 7) is 7.22. The van der Waals surface area contributed by atoms with Crippen molar-refractivity contribution in [1.29, 1.82) is 0 Å². The van der Waals surface area contributed by atoms with Crippen LogP contribution in [0.2, 0.25) is 0 Å². The van der Waals surface area contributed by atoms with E-state index in [1.807, 2.05) is 5.38 Å². The number of para-hydroxylation sites is 1. The molecule has 1 aliphatic rings. The molecule has 0 saturated carbocycles. The van der Waals surface area contributed by atoms with Gasteiger partial charge in [-0.2, -0.15) is 0 Å². The fraction of sp³-hybridized carbons (Fsp3) is 0.333. The maximum atomic E-state index is 12.1. The van der Waals surface area contributed by atoms with Gasteiger partial charge in [0.2, 0.25) is 0 Å². The molecule has 5 nitrogen and oxygen atoms in total. The van der Waals surface area contributed by atoms with Gasteiger partial charge < -0.3 is 9.80 Å². The van der Waals surface area contributed by atoms with Crippen molar-refractivity contribution in [2.75, 3.05) is 31.1 Å². The van der Waals surface area contributed by atoms with Crippen molar-refractivity contribution in [2.45, 2.75) is 13.5 Å². The summed E-state index contributed by atoms with van der Waals surface area (Å²) in [6, 6.07) is 10.2. The summed E-state index contributed by atoms with van der Waals surface area (Å²) in [4.78, 5) is 21.5. The molecule has 0 bridgehead atoms. The second-order valence-corrected chi connectivity index (χ2v) is 7.21. The van der Waals surface area contributed by atoms with E-state index < -0.39 is 0 Å². The largest absolute Gasteiger partial charge is 0.360 e. The molecule has 1 fully saturated rings. The third-order valence-electron chi connectivity index (χ3n) is 4.71. The number of nitrogens with one attached hydrogen (secondary N) is 1. The van der Waals surface area contributed by atoms with Crippen molar-refractivity contribution in [1.82, 2.24) is 9.38 Å². The van der Waals surface area contributed by atoms with Gasteiger partial charge in [0.05, 0.1) is 26.2 Å². The van der Waals surface area contributed by atoms with Gasteiger partial charge in [0.1, 0.15) is 12.2 Å². The summed E-state index contributed by atoms with van der Waals surface area (Å²) in [5.41, 5.74) is 3.60. The van der Waals surface area contributed by atoms with Crippen molar-refractivity contribution < 1.29 is 4.90 Å². The summed E-state index contributed by atoms with van der Waals surface area (Å²) in [5.74, 6) is 0.